The maximum Gasteiger partial charge on any atom is 0.414 e. The molecule has 0 bridgehead atoms. The standard InChI is InChI=1S/C18H20N2O4S/c1-3-15-11-20(18(21)24-15)14-6-9-17(12(2)10-14)13-4-7-16(8-5-13)25(19,22)23/h4-10,15H,3,11H2,1-2H3,(H2,19,22,23)/t15-/m0/s1. The average molecular weight is 360 g/mol. The van der Waals surface area contributed by atoms with Gasteiger partial charge in [-0.25, -0.2) is 18.4 Å². The lowest BCUT2D eigenvalue weighted by atomic mass is 10.00. The number of carbonyl (C=O) groups excluding carboxylic acids is 1. The van der Waals surface area contributed by atoms with Gasteiger partial charge in [-0.15, -0.1) is 0 Å². The van der Waals surface area contributed by atoms with Gasteiger partial charge in [0.1, 0.15) is 6.10 Å². The fraction of sp³-hybridized carbons (Fsp3) is 0.278. The molecule has 2 N–H and O–H groups in total. The molecule has 3 rings (SSSR count). The van der Waals surface area contributed by atoms with E-state index in [9.17, 15) is 13.2 Å². The van der Waals surface area contributed by atoms with E-state index in [0.29, 0.717) is 6.54 Å². The van der Waals surface area contributed by atoms with Crippen molar-refractivity contribution in [2.24, 2.45) is 5.14 Å². The van der Waals surface area contributed by atoms with Crippen LogP contribution in [0.2, 0.25) is 0 Å². The van der Waals surface area contributed by atoms with Gasteiger partial charge in [0, 0.05) is 5.69 Å². The molecular formula is C18H20N2O4S. The zero-order valence-corrected chi connectivity index (χ0v) is 14.9. The molecule has 1 fully saturated rings. The molecule has 0 aliphatic carbocycles. The number of anilines is 1. The van der Waals surface area contributed by atoms with Crippen LogP contribution < -0.4 is 10.0 Å². The smallest absolute Gasteiger partial charge is 0.414 e. The molecule has 1 aliphatic rings. The third-order valence-corrected chi connectivity index (χ3v) is 5.27. The summed E-state index contributed by atoms with van der Waals surface area (Å²) in [6.45, 7) is 4.49. The van der Waals surface area contributed by atoms with E-state index in [0.717, 1.165) is 28.8 Å². The Morgan fingerprint density at radius 1 is 1.20 bits per heavy atom. The molecule has 2 aromatic carbocycles. The van der Waals surface area contributed by atoms with E-state index in [2.05, 4.69) is 0 Å². The predicted octanol–water partition coefficient (Wildman–Crippen LogP) is 3.04. The molecule has 0 unspecified atom stereocenters. The Hall–Kier alpha value is -2.38. The number of benzene rings is 2. The van der Waals surface area contributed by atoms with Crippen LogP contribution in [-0.4, -0.2) is 27.2 Å². The Morgan fingerprint density at radius 2 is 1.88 bits per heavy atom. The molecule has 0 saturated carbocycles. The maximum atomic E-state index is 12.0. The first-order chi connectivity index (χ1) is 11.8. The monoisotopic (exact) mass is 360 g/mol. The highest BCUT2D eigenvalue weighted by Gasteiger charge is 2.31. The summed E-state index contributed by atoms with van der Waals surface area (Å²) in [5.41, 5.74) is 3.62. The van der Waals surface area contributed by atoms with Crippen molar-refractivity contribution in [3.05, 3.63) is 48.0 Å². The summed E-state index contributed by atoms with van der Waals surface area (Å²) in [5.74, 6) is 0. The van der Waals surface area contributed by atoms with Crippen molar-refractivity contribution in [3.8, 4) is 11.1 Å². The second-order valence-corrected chi connectivity index (χ2v) is 7.65. The Balaban J connectivity index is 1.89. The van der Waals surface area contributed by atoms with Gasteiger partial charge in [0.25, 0.3) is 0 Å². The number of nitrogens with two attached hydrogens (primary N) is 1. The van der Waals surface area contributed by atoms with E-state index in [1.165, 1.54) is 12.1 Å². The molecule has 25 heavy (non-hydrogen) atoms. The number of ether oxygens (including phenoxy) is 1. The van der Waals surface area contributed by atoms with Crippen LogP contribution in [0.25, 0.3) is 11.1 Å². The first-order valence-electron chi connectivity index (χ1n) is 8.01. The van der Waals surface area contributed by atoms with Gasteiger partial charge in [-0.2, -0.15) is 0 Å². The molecule has 7 heteroatoms. The number of carbonyl (C=O) groups is 1. The normalized spacial score (nSPS) is 17.6. The van der Waals surface area contributed by atoms with Gasteiger partial charge in [0.05, 0.1) is 11.4 Å². The largest absolute Gasteiger partial charge is 0.444 e. The summed E-state index contributed by atoms with van der Waals surface area (Å²) in [6, 6.07) is 12.1. The first-order valence-corrected chi connectivity index (χ1v) is 9.56. The van der Waals surface area contributed by atoms with Crippen LogP contribution in [0.5, 0.6) is 0 Å². The van der Waals surface area contributed by atoms with Gasteiger partial charge in [-0.05, 0) is 54.3 Å². The second kappa shape index (κ2) is 6.50. The van der Waals surface area contributed by atoms with Crippen LogP contribution in [0.1, 0.15) is 18.9 Å². The number of aryl methyl sites for hydroxylation is 1. The lowest BCUT2D eigenvalue weighted by Gasteiger charge is -2.15. The van der Waals surface area contributed by atoms with Crippen LogP contribution >= 0.6 is 0 Å². The second-order valence-electron chi connectivity index (χ2n) is 6.09. The summed E-state index contributed by atoms with van der Waals surface area (Å²) in [7, 11) is -3.70. The zero-order chi connectivity index (χ0) is 18.2. The van der Waals surface area contributed by atoms with Gasteiger partial charge in [-0.3, -0.25) is 4.90 Å². The number of hydrogen-bond acceptors (Lipinski definition) is 4. The summed E-state index contributed by atoms with van der Waals surface area (Å²) in [6.07, 6.45) is 0.394. The molecule has 1 heterocycles. The molecule has 6 nitrogen and oxygen atoms in total. The number of amides is 1. The third-order valence-electron chi connectivity index (χ3n) is 4.34. The Bertz CT molecular complexity index is 907. The quantitative estimate of drug-likeness (QED) is 0.907. The van der Waals surface area contributed by atoms with E-state index in [1.54, 1.807) is 17.0 Å². The Morgan fingerprint density at radius 3 is 2.40 bits per heavy atom. The minimum absolute atomic E-state index is 0.0711. The van der Waals surface area contributed by atoms with Crippen LogP contribution in [0.15, 0.2) is 47.4 Å². The van der Waals surface area contributed by atoms with Crippen molar-refractivity contribution in [1.82, 2.24) is 0 Å². The predicted molar refractivity (Wildman–Crippen MR) is 95.9 cm³/mol. The van der Waals surface area contributed by atoms with E-state index in [1.807, 2.05) is 32.0 Å². The molecule has 1 amide bonds. The number of rotatable bonds is 4. The molecule has 2 aromatic rings. The number of primary sulfonamides is 1. The lowest BCUT2D eigenvalue weighted by molar-refractivity contribution is 0.139. The minimum atomic E-state index is -3.70. The van der Waals surface area contributed by atoms with Crippen molar-refractivity contribution >= 4 is 21.8 Å². The van der Waals surface area contributed by atoms with Crippen molar-refractivity contribution in [3.63, 3.8) is 0 Å². The number of cyclic esters (lactones) is 1. The van der Waals surface area contributed by atoms with Crippen LogP contribution in [0.4, 0.5) is 10.5 Å². The fourth-order valence-electron chi connectivity index (χ4n) is 2.91. The summed E-state index contributed by atoms with van der Waals surface area (Å²) in [5, 5.41) is 5.12. The van der Waals surface area contributed by atoms with Crippen molar-refractivity contribution in [2.45, 2.75) is 31.3 Å². The molecule has 0 radical (unpaired) electrons. The van der Waals surface area contributed by atoms with Crippen LogP contribution in [-0.2, 0) is 14.8 Å². The molecule has 1 aliphatic heterocycles. The highest BCUT2D eigenvalue weighted by atomic mass is 32.2. The highest BCUT2D eigenvalue weighted by Crippen LogP contribution is 2.30. The highest BCUT2D eigenvalue weighted by molar-refractivity contribution is 7.89. The molecule has 0 aromatic heterocycles. The average Bonchev–Trinajstić information content (AvgIpc) is 2.95. The number of hydrogen-bond donors (Lipinski definition) is 1. The van der Waals surface area contributed by atoms with Crippen molar-refractivity contribution < 1.29 is 17.9 Å². The number of nitrogens with zero attached hydrogens (tertiary/aromatic N) is 1. The van der Waals surface area contributed by atoms with Crippen LogP contribution in [0, 0.1) is 6.92 Å². The molecular weight excluding hydrogens is 340 g/mol. The maximum absolute atomic E-state index is 12.0. The molecule has 1 atom stereocenters. The van der Waals surface area contributed by atoms with E-state index < -0.39 is 10.0 Å². The van der Waals surface area contributed by atoms with Crippen LogP contribution in [0.3, 0.4) is 0 Å². The minimum Gasteiger partial charge on any atom is -0.444 e. The summed E-state index contributed by atoms with van der Waals surface area (Å²) < 4.78 is 28.0. The van der Waals surface area contributed by atoms with Gasteiger partial charge in [-0.1, -0.05) is 25.1 Å². The topological polar surface area (TPSA) is 89.7 Å². The molecule has 132 valence electrons. The van der Waals surface area contributed by atoms with Gasteiger partial charge >= 0.3 is 6.09 Å². The number of sulfonamides is 1. The van der Waals surface area contributed by atoms with E-state index >= 15 is 0 Å². The van der Waals surface area contributed by atoms with Crippen molar-refractivity contribution in [1.29, 1.82) is 0 Å². The lowest BCUT2D eigenvalue weighted by Crippen LogP contribution is -2.24. The molecule has 1 saturated heterocycles. The first kappa shape index (κ1) is 17.4. The van der Waals surface area contributed by atoms with E-state index in [-0.39, 0.29) is 17.1 Å². The Kier molecular flexibility index (Phi) is 4.53. The summed E-state index contributed by atoms with van der Waals surface area (Å²) in [4.78, 5) is 13.7. The molecule has 0 spiro atoms. The summed E-state index contributed by atoms with van der Waals surface area (Å²) >= 11 is 0. The SMILES string of the molecule is CC[C@H]1CN(c2ccc(-c3ccc(S(N)(=O)=O)cc3)c(C)c2)C(=O)O1. The van der Waals surface area contributed by atoms with Gasteiger partial charge in [0.15, 0.2) is 0 Å². The fourth-order valence-corrected chi connectivity index (χ4v) is 3.42. The van der Waals surface area contributed by atoms with Gasteiger partial charge in [0.2, 0.25) is 10.0 Å². The Labute approximate surface area is 147 Å². The van der Waals surface area contributed by atoms with Gasteiger partial charge < -0.3 is 4.74 Å². The van der Waals surface area contributed by atoms with E-state index in [4.69, 9.17) is 9.88 Å². The van der Waals surface area contributed by atoms with Crippen molar-refractivity contribution in [2.75, 3.05) is 11.4 Å². The third kappa shape index (κ3) is 3.52. The zero-order valence-electron chi connectivity index (χ0n) is 14.1.